The van der Waals surface area contributed by atoms with Crippen LogP contribution in [0.3, 0.4) is 0 Å². The maximum Gasteiger partial charge on any atom is 0.0113 e. The zero-order valence-corrected chi connectivity index (χ0v) is 15.1. The van der Waals surface area contributed by atoms with Gasteiger partial charge in [0.1, 0.15) is 0 Å². The lowest BCUT2D eigenvalue weighted by molar-refractivity contribution is 0.0514. The van der Waals surface area contributed by atoms with Crippen LogP contribution in [0.1, 0.15) is 67.2 Å². The molecule has 0 saturated heterocycles. The van der Waals surface area contributed by atoms with Gasteiger partial charge in [-0.1, -0.05) is 47.5 Å². The summed E-state index contributed by atoms with van der Waals surface area (Å²) < 4.78 is 0. The topological polar surface area (TPSA) is 15.3 Å². The summed E-state index contributed by atoms with van der Waals surface area (Å²) in [6, 6.07) is 0.625. The largest absolute Gasteiger partial charge is 0.316 e. The fourth-order valence-electron chi connectivity index (χ4n) is 3.48. The minimum absolute atomic E-state index is 0.357. The van der Waals surface area contributed by atoms with Crippen LogP contribution in [0.5, 0.6) is 0 Å². The van der Waals surface area contributed by atoms with Crippen molar-refractivity contribution in [2.75, 3.05) is 26.7 Å². The number of rotatable bonds is 6. The van der Waals surface area contributed by atoms with E-state index in [0.717, 1.165) is 12.5 Å². The summed E-state index contributed by atoms with van der Waals surface area (Å²) in [5.74, 6) is 0.926. The van der Waals surface area contributed by atoms with Crippen molar-refractivity contribution in [2.24, 2.45) is 16.7 Å². The van der Waals surface area contributed by atoms with Crippen molar-refractivity contribution < 1.29 is 0 Å². The molecule has 2 nitrogen and oxygen atoms in total. The van der Waals surface area contributed by atoms with Crippen molar-refractivity contribution >= 4 is 0 Å². The molecule has 0 bridgehead atoms. The van der Waals surface area contributed by atoms with Gasteiger partial charge < -0.3 is 10.2 Å². The Morgan fingerprint density at radius 2 is 1.80 bits per heavy atom. The molecule has 120 valence electrons. The average molecular weight is 283 g/mol. The van der Waals surface area contributed by atoms with Gasteiger partial charge in [0.15, 0.2) is 0 Å². The molecule has 1 unspecified atom stereocenters. The van der Waals surface area contributed by atoms with Gasteiger partial charge in [-0.25, -0.2) is 0 Å². The standard InChI is InChI=1S/C18H38N2/c1-8-19-13-18(11-9-15(2)10-12-18)14-20(7)16(3)17(4,5)6/h15-16,19H,8-14H2,1-7H3. The van der Waals surface area contributed by atoms with Gasteiger partial charge in [0, 0.05) is 19.1 Å². The van der Waals surface area contributed by atoms with E-state index in [-0.39, 0.29) is 0 Å². The van der Waals surface area contributed by atoms with Crippen molar-refractivity contribution in [3.05, 3.63) is 0 Å². The quantitative estimate of drug-likeness (QED) is 0.787. The molecule has 0 amide bonds. The van der Waals surface area contributed by atoms with Gasteiger partial charge in [0.05, 0.1) is 0 Å². The Morgan fingerprint density at radius 1 is 1.25 bits per heavy atom. The Morgan fingerprint density at radius 3 is 2.25 bits per heavy atom. The van der Waals surface area contributed by atoms with Crippen LogP contribution in [0.2, 0.25) is 0 Å². The highest BCUT2D eigenvalue weighted by molar-refractivity contribution is 4.91. The first-order chi connectivity index (χ1) is 9.20. The SMILES string of the molecule is CCNCC1(CN(C)C(C)C(C)(C)C)CCC(C)CC1. The number of hydrogen-bond acceptors (Lipinski definition) is 2. The van der Waals surface area contributed by atoms with Gasteiger partial charge in [0.25, 0.3) is 0 Å². The molecule has 0 aromatic heterocycles. The van der Waals surface area contributed by atoms with E-state index in [1.165, 1.54) is 38.8 Å². The van der Waals surface area contributed by atoms with Crippen LogP contribution in [-0.4, -0.2) is 37.6 Å². The molecule has 0 spiro atoms. The molecule has 1 aliphatic carbocycles. The van der Waals surface area contributed by atoms with E-state index in [1.54, 1.807) is 0 Å². The zero-order chi connectivity index (χ0) is 15.4. The predicted molar refractivity (Wildman–Crippen MR) is 90.2 cm³/mol. The number of hydrogen-bond donors (Lipinski definition) is 1. The Bertz CT molecular complexity index is 266. The third-order valence-electron chi connectivity index (χ3n) is 5.58. The highest BCUT2D eigenvalue weighted by Gasteiger charge is 2.37. The van der Waals surface area contributed by atoms with Crippen molar-refractivity contribution in [3.63, 3.8) is 0 Å². The fraction of sp³-hybridized carbons (Fsp3) is 1.00. The van der Waals surface area contributed by atoms with Gasteiger partial charge in [-0.3, -0.25) is 0 Å². The second kappa shape index (κ2) is 7.26. The molecule has 1 aliphatic rings. The molecule has 1 saturated carbocycles. The predicted octanol–water partition coefficient (Wildman–Crippen LogP) is 4.16. The maximum atomic E-state index is 3.63. The van der Waals surface area contributed by atoms with Gasteiger partial charge in [-0.2, -0.15) is 0 Å². The lowest BCUT2D eigenvalue weighted by Gasteiger charge is -2.45. The van der Waals surface area contributed by atoms with Gasteiger partial charge in [-0.05, 0) is 50.1 Å². The first-order valence-corrected chi connectivity index (χ1v) is 8.61. The Balaban J connectivity index is 2.69. The molecule has 0 aromatic rings. The van der Waals surface area contributed by atoms with Crippen LogP contribution >= 0.6 is 0 Å². The summed E-state index contributed by atoms with van der Waals surface area (Å²) in [5, 5.41) is 3.63. The van der Waals surface area contributed by atoms with Gasteiger partial charge in [0.2, 0.25) is 0 Å². The lowest BCUT2D eigenvalue weighted by atomic mass is 9.70. The highest BCUT2D eigenvalue weighted by Crippen LogP contribution is 2.40. The van der Waals surface area contributed by atoms with Crippen LogP contribution in [0.25, 0.3) is 0 Å². The summed E-state index contributed by atoms with van der Waals surface area (Å²) >= 11 is 0. The molecule has 1 atom stereocenters. The van der Waals surface area contributed by atoms with Crippen LogP contribution < -0.4 is 5.32 Å². The fourth-order valence-corrected chi connectivity index (χ4v) is 3.48. The molecule has 1 fully saturated rings. The smallest absolute Gasteiger partial charge is 0.0113 e. The third-order valence-corrected chi connectivity index (χ3v) is 5.58. The molecule has 2 heteroatoms. The maximum absolute atomic E-state index is 3.63. The van der Waals surface area contributed by atoms with Crippen molar-refractivity contribution in [1.29, 1.82) is 0 Å². The lowest BCUT2D eigenvalue weighted by Crippen LogP contribution is -2.49. The molecule has 0 aromatic carbocycles. The van der Waals surface area contributed by atoms with E-state index in [1.807, 2.05) is 0 Å². The van der Waals surface area contributed by atoms with Crippen LogP contribution in [0, 0.1) is 16.7 Å². The second-order valence-corrected chi connectivity index (χ2v) is 8.42. The van der Waals surface area contributed by atoms with E-state index >= 15 is 0 Å². The average Bonchev–Trinajstić information content (AvgIpc) is 2.38. The second-order valence-electron chi connectivity index (χ2n) is 8.42. The van der Waals surface area contributed by atoms with Crippen molar-refractivity contribution in [3.8, 4) is 0 Å². The van der Waals surface area contributed by atoms with E-state index in [2.05, 4.69) is 58.8 Å². The van der Waals surface area contributed by atoms with Crippen molar-refractivity contribution in [2.45, 2.75) is 73.3 Å². The first-order valence-electron chi connectivity index (χ1n) is 8.61. The zero-order valence-electron chi connectivity index (χ0n) is 15.1. The number of nitrogens with zero attached hydrogens (tertiary/aromatic N) is 1. The first kappa shape index (κ1) is 18.0. The molecular formula is C18H38N2. The molecule has 20 heavy (non-hydrogen) atoms. The highest BCUT2D eigenvalue weighted by atomic mass is 15.1. The monoisotopic (exact) mass is 282 g/mol. The molecule has 0 aliphatic heterocycles. The minimum atomic E-state index is 0.357. The summed E-state index contributed by atoms with van der Waals surface area (Å²) in [5.41, 5.74) is 0.854. The van der Waals surface area contributed by atoms with Gasteiger partial charge >= 0.3 is 0 Å². The Labute approximate surface area is 127 Å². The summed E-state index contributed by atoms with van der Waals surface area (Å²) in [7, 11) is 2.32. The Kier molecular flexibility index (Phi) is 6.53. The van der Waals surface area contributed by atoms with E-state index in [4.69, 9.17) is 0 Å². The van der Waals surface area contributed by atoms with Crippen LogP contribution in [-0.2, 0) is 0 Å². The third kappa shape index (κ3) is 5.04. The van der Waals surface area contributed by atoms with Crippen LogP contribution in [0.15, 0.2) is 0 Å². The minimum Gasteiger partial charge on any atom is -0.316 e. The van der Waals surface area contributed by atoms with Gasteiger partial charge in [-0.15, -0.1) is 0 Å². The van der Waals surface area contributed by atoms with E-state index < -0.39 is 0 Å². The summed E-state index contributed by atoms with van der Waals surface area (Å²) in [6.45, 7) is 17.6. The molecule has 0 heterocycles. The molecule has 1 N–H and O–H groups in total. The Hall–Kier alpha value is -0.0800. The summed E-state index contributed by atoms with van der Waals surface area (Å²) in [4.78, 5) is 2.60. The molecular weight excluding hydrogens is 244 g/mol. The van der Waals surface area contributed by atoms with E-state index in [9.17, 15) is 0 Å². The molecule has 1 rings (SSSR count). The van der Waals surface area contributed by atoms with E-state index in [0.29, 0.717) is 16.9 Å². The van der Waals surface area contributed by atoms with Crippen LogP contribution in [0.4, 0.5) is 0 Å². The number of nitrogens with one attached hydrogen (secondary N) is 1. The summed E-state index contributed by atoms with van der Waals surface area (Å²) in [6.07, 6.45) is 5.59. The molecule has 0 radical (unpaired) electrons. The van der Waals surface area contributed by atoms with Crippen molar-refractivity contribution in [1.82, 2.24) is 10.2 Å². The normalized spacial score (nSPS) is 29.7.